The van der Waals surface area contributed by atoms with E-state index in [1.54, 1.807) is 18.2 Å². The molecule has 2 aliphatic rings. The summed E-state index contributed by atoms with van der Waals surface area (Å²) in [6, 6.07) is 5.18. The molecule has 1 atom stereocenters. The van der Waals surface area contributed by atoms with Gasteiger partial charge in [-0.3, -0.25) is 4.79 Å². The largest absolute Gasteiger partial charge is 0.377 e. The molecule has 34 heavy (non-hydrogen) atoms. The first-order chi connectivity index (χ1) is 16.0. The molecule has 1 aromatic carbocycles. The molecular weight excluding hydrogens is 474 g/mol. The van der Waals surface area contributed by atoms with Crippen molar-refractivity contribution in [3.63, 3.8) is 0 Å². The fourth-order valence-corrected chi connectivity index (χ4v) is 6.62. The lowest BCUT2D eigenvalue weighted by atomic mass is 9.94. The maximum atomic E-state index is 12.7. The molecule has 1 amide bonds. The quantitative estimate of drug-likeness (QED) is 0.554. The Bertz CT molecular complexity index is 1360. The Morgan fingerprint density at radius 2 is 2.12 bits per heavy atom. The minimum atomic E-state index is -3.53. The van der Waals surface area contributed by atoms with Gasteiger partial charge in [-0.1, -0.05) is 11.3 Å². The van der Waals surface area contributed by atoms with Gasteiger partial charge in [0.15, 0.2) is 5.13 Å². The molecule has 9 nitrogen and oxygen atoms in total. The fraction of sp³-hybridized carbons (Fsp3) is 0.478. The van der Waals surface area contributed by atoms with E-state index in [-0.39, 0.29) is 22.4 Å². The van der Waals surface area contributed by atoms with Crippen LogP contribution in [0, 0.1) is 0 Å². The third-order valence-corrected chi connectivity index (χ3v) is 9.34. The molecule has 3 aromatic rings. The van der Waals surface area contributed by atoms with Crippen molar-refractivity contribution in [1.29, 1.82) is 0 Å². The molecule has 0 bridgehead atoms. The summed E-state index contributed by atoms with van der Waals surface area (Å²) < 4.78 is 32.3. The molecule has 0 radical (unpaired) electrons. The van der Waals surface area contributed by atoms with Gasteiger partial charge in [0, 0.05) is 49.7 Å². The number of H-pyrrole nitrogens is 1. The van der Waals surface area contributed by atoms with E-state index < -0.39 is 10.0 Å². The van der Waals surface area contributed by atoms with Gasteiger partial charge in [-0.2, -0.15) is 0 Å². The van der Waals surface area contributed by atoms with Crippen LogP contribution in [0.3, 0.4) is 0 Å². The van der Waals surface area contributed by atoms with Gasteiger partial charge in [0.1, 0.15) is 4.88 Å². The first kappa shape index (κ1) is 23.3. The first-order valence-corrected chi connectivity index (χ1v) is 13.5. The van der Waals surface area contributed by atoms with Crippen molar-refractivity contribution in [3.8, 4) is 0 Å². The number of amides is 1. The standard InChI is InChI=1S/C23H29N5O4S2/c1-23(2)11-19-20(21(29)26-23)33-22(25-19)28-7-8-32-13-15(28)9-14-12-24-18-6-5-16(10-17(14)18)34(30,31)27(3)4/h5-6,10,12,15,24H,7-9,11,13H2,1-4H3,(H,26,29)/t15-/m0/s1. The predicted octanol–water partition coefficient (Wildman–Crippen LogP) is 2.39. The van der Waals surface area contributed by atoms with Crippen LogP contribution in [0.5, 0.6) is 0 Å². The van der Waals surface area contributed by atoms with E-state index in [1.807, 2.05) is 20.0 Å². The molecule has 182 valence electrons. The Morgan fingerprint density at radius 3 is 2.88 bits per heavy atom. The molecule has 1 fully saturated rings. The first-order valence-electron chi connectivity index (χ1n) is 11.2. The zero-order chi connectivity index (χ0) is 24.3. The van der Waals surface area contributed by atoms with E-state index in [0.717, 1.165) is 27.3 Å². The van der Waals surface area contributed by atoms with Crippen molar-refractivity contribution in [1.82, 2.24) is 19.6 Å². The predicted molar refractivity (Wildman–Crippen MR) is 132 cm³/mol. The van der Waals surface area contributed by atoms with Gasteiger partial charge in [0.05, 0.1) is 29.8 Å². The molecule has 0 aliphatic carbocycles. The second-order valence-corrected chi connectivity index (χ2v) is 12.9. The number of ether oxygens (including phenoxy) is 1. The number of sulfonamides is 1. The lowest BCUT2D eigenvalue weighted by Crippen LogP contribution is -2.48. The van der Waals surface area contributed by atoms with Crippen molar-refractivity contribution in [2.24, 2.45) is 0 Å². The van der Waals surface area contributed by atoms with Crippen molar-refractivity contribution in [2.75, 3.05) is 38.8 Å². The van der Waals surface area contributed by atoms with Crippen LogP contribution in [0.1, 0.15) is 34.8 Å². The highest BCUT2D eigenvalue weighted by Crippen LogP contribution is 2.34. The summed E-state index contributed by atoms with van der Waals surface area (Å²) >= 11 is 1.43. The number of aromatic nitrogens is 2. The van der Waals surface area contributed by atoms with E-state index in [4.69, 9.17) is 9.72 Å². The van der Waals surface area contributed by atoms with Gasteiger partial charge in [-0.05, 0) is 44.0 Å². The maximum absolute atomic E-state index is 12.7. The summed E-state index contributed by atoms with van der Waals surface area (Å²) in [7, 11) is -0.465. The van der Waals surface area contributed by atoms with Gasteiger partial charge in [-0.25, -0.2) is 17.7 Å². The number of fused-ring (bicyclic) bond motifs is 2. The summed E-state index contributed by atoms with van der Waals surface area (Å²) in [5.41, 5.74) is 2.45. The molecule has 1 saturated heterocycles. The molecule has 2 aliphatic heterocycles. The number of hydrogen-bond acceptors (Lipinski definition) is 7. The minimum Gasteiger partial charge on any atom is -0.377 e. The Kier molecular flexibility index (Phi) is 5.70. The molecule has 2 aromatic heterocycles. The molecular formula is C23H29N5O4S2. The van der Waals surface area contributed by atoms with Crippen LogP contribution in [0.4, 0.5) is 5.13 Å². The summed E-state index contributed by atoms with van der Waals surface area (Å²) in [4.78, 5) is 23.9. The summed E-state index contributed by atoms with van der Waals surface area (Å²) in [6.45, 7) is 5.82. The monoisotopic (exact) mass is 503 g/mol. The van der Waals surface area contributed by atoms with Gasteiger partial charge in [0.25, 0.3) is 5.91 Å². The van der Waals surface area contributed by atoms with Crippen molar-refractivity contribution >= 4 is 43.3 Å². The second-order valence-electron chi connectivity index (χ2n) is 9.72. The van der Waals surface area contributed by atoms with Crippen molar-refractivity contribution in [2.45, 2.75) is 43.2 Å². The normalized spacial score (nSPS) is 20.6. The zero-order valence-corrected chi connectivity index (χ0v) is 21.3. The average Bonchev–Trinajstić information content (AvgIpc) is 3.37. The molecule has 11 heteroatoms. The van der Waals surface area contributed by atoms with E-state index in [0.29, 0.717) is 37.5 Å². The van der Waals surface area contributed by atoms with Crippen molar-refractivity contribution in [3.05, 3.63) is 40.5 Å². The third-order valence-electron chi connectivity index (χ3n) is 6.40. The van der Waals surface area contributed by atoms with Gasteiger partial charge >= 0.3 is 0 Å². The number of benzene rings is 1. The van der Waals surface area contributed by atoms with Crippen molar-refractivity contribution < 1.29 is 17.9 Å². The highest BCUT2D eigenvalue weighted by Gasteiger charge is 2.35. The zero-order valence-electron chi connectivity index (χ0n) is 19.7. The summed E-state index contributed by atoms with van der Waals surface area (Å²) in [6.07, 6.45) is 3.30. The highest BCUT2D eigenvalue weighted by molar-refractivity contribution is 7.89. The number of anilines is 1. The third kappa shape index (κ3) is 4.10. The van der Waals surface area contributed by atoms with Crippen LogP contribution in [-0.2, 0) is 27.6 Å². The Morgan fingerprint density at radius 1 is 1.32 bits per heavy atom. The number of carbonyl (C=O) groups is 1. The number of thiazole rings is 1. The number of nitrogens with zero attached hydrogens (tertiary/aromatic N) is 3. The highest BCUT2D eigenvalue weighted by atomic mass is 32.2. The Hall–Kier alpha value is -2.47. The molecule has 4 heterocycles. The number of nitrogens with one attached hydrogen (secondary N) is 2. The number of rotatable bonds is 5. The fourth-order valence-electron chi connectivity index (χ4n) is 4.61. The lowest BCUT2D eigenvalue weighted by Gasteiger charge is -2.35. The number of morpholine rings is 1. The number of hydrogen-bond donors (Lipinski definition) is 2. The summed E-state index contributed by atoms with van der Waals surface area (Å²) in [5.74, 6) is -0.0638. The van der Waals surface area contributed by atoms with E-state index in [1.165, 1.54) is 29.7 Å². The smallest absolute Gasteiger partial charge is 0.263 e. The Labute approximate surface area is 203 Å². The van der Waals surface area contributed by atoms with E-state index >= 15 is 0 Å². The minimum absolute atomic E-state index is 0.0190. The van der Waals surface area contributed by atoms with E-state index in [9.17, 15) is 13.2 Å². The van der Waals surface area contributed by atoms with Gasteiger partial charge < -0.3 is 19.9 Å². The molecule has 0 saturated carbocycles. The van der Waals surface area contributed by atoms with Crippen LogP contribution in [-0.4, -0.2) is 74.0 Å². The number of aromatic amines is 1. The van der Waals surface area contributed by atoms with Gasteiger partial charge in [-0.15, -0.1) is 0 Å². The number of carbonyl (C=O) groups excluding carboxylic acids is 1. The SMILES string of the molecule is CN(C)S(=O)(=O)c1ccc2[nH]cc(C[C@H]3COCCN3c3nc4c(s3)C(=O)NC(C)(C)C4)c2c1. The maximum Gasteiger partial charge on any atom is 0.263 e. The molecule has 5 rings (SSSR count). The molecule has 0 spiro atoms. The van der Waals surface area contributed by atoms with Crippen LogP contribution in [0.25, 0.3) is 10.9 Å². The van der Waals surface area contributed by atoms with Crippen LogP contribution >= 0.6 is 11.3 Å². The topological polar surface area (TPSA) is 108 Å². The van der Waals surface area contributed by atoms with Crippen LogP contribution in [0.15, 0.2) is 29.3 Å². The average molecular weight is 504 g/mol. The van der Waals surface area contributed by atoms with Crippen LogP contribution in [0.2, 0.25) is 0 Å². The lowest BCUT2D eigenvalue weighted by molar-refractivity contribution is 0.0900. The van der Waals surface area contributed by atoms with Crippen LogP contribution < -0.4 is 10.2 Å². The molecule has 0 unspecified atom stereocenters. The molecule has 2 N–H and O–H groups in total. The summed E-state index contributed by atoms with van der Waals surface area (Å²) in [5, 5.41) is 4.77. The Balaban J connectivity index is 1.46. The van der Waals surface area contributed by atoms with Gasteiger partial charge in [0.2, 0.25) is 10.0 Å². The van der Waals surface area contributed by atoms with E-state index in [2.05, 4.69) is 15.2 Å². The second kappa shape index (κ2) is 8.33.